The minimum Gasteiger partial charge on any atom is -0.334 e. The van der Waals surface area contributed by atoms with E-state index in [4.69, 9.17) is 5.41 Å². The number of anilines is 1. The number of amides is 1. The van der Waals surface area contributed by atoms with Crippen LogP contribution in [0.5, 0.6) is 0 Å². The smallest absolute Gasteiger partial charge is 0.269 e. The Kier molecular flexibility index (Phi) is 4.31. The van der Waals surface area contributed by atoms with E-state index in [-0.39, 0.29) is 5.91 Å². The SMILES string of the molecule is CCN1/C(=C2/SC(=N)N(Cc3ccccc3)C2=O)Sc2ccccc21. The summed E-state index contributed by atoms with van der Waals surface area (Å²) in [4.78, 5) is 18.5. The standard InChI is InChI=1S/C19H17N3OS2/c1-2-21-14-10-6-7-11-15(14)24-18(21)16-17(23)22(19(20)25-16)12-13-8-4-3-5-9-13/h3-11,20H,2,12H2,1H3/b18-16-,20-19?. The van der Waals surface area contributed by atoms with Crippen LogP contribution in [0.3, 0.4) is 0 Å². The van der Waals surface area contributed by atoms with Gasteiger partial charge in [0, 0.05) is 11.4 Å². The van der Waals surface area contributed by atoms with Gasteiger partial charge in [-0.1, -0.05) is 54.2 Å². The molecular formula is C19H17N3OS2. The third kappa shape index (κ3) is 2.85. The van der Waals surface area contributed by atoms with Crippen molar-refractivity contribution in [3.63, 3.8) is 0 Å². The van der Waals surface area contributed by atoms with E-state index in [2.05, 4.69) is 24.0 Å². The monoisotopic (exact) mass is 367 g/mol. The van der Waals surface area contributed by atoms with Gasteiger partial charge in [-0.05, 0) is 36.4 Å². The average Bonchev–Trinajstić information content (AvgIpc) is 3.14. The fourth-order valence-corrected chi connectivity index (χ4v) is 5.22. The third-order valence-electron chi connectivity index (χ3n) is 4.19. The molecule has 4 rings (SSSR count). The van der Waals surface area contributed by atoms with Gasteiger partial charge in [-0.25, -0.2) is 0 Å². The molecule has 0 saturated carbocycles. The van der Waals surface area contributed by atoms with Gasteiger partial charge in [0.2, 0.25) is 0 Å². The maximum atomic E-state index is 13.0. The summed E-state index contributed by atoms with van der Waals surface area (Å²) in [6.45, 7) is 3.31. The maximum absolute atomic E-state index is 13.0. The summed E-state index contributed by atoms with van der Waals surface area (Å²) in [5.74, 6) is -0.0763. The highest BCUT2D eigenvalue weighted by molar-refractivity contribution is 8.19. The van der Waals surface area contributed by atoms with Gasteiger partial charge in [0.15, 0.2) is 5.17 Å². The Morgan fingerprint density at radius 1 is 0.960 bits per heavy atom. The number of benzene rings is 2. The molecule has 0 spiro atoms. The first-order valence-corrected chi connectivity index (χ1v) is 9.73. The molecule has 0 radical (unpaired) electrons. The van der Waals surface area contributed by atoms with E-state index in [1.54, 1.807) is 16.7 Å². The van der Waals surface area contributed by atoms with Crippen molar-refractivity contribution in [2.24, 2.45) is 0 Å². The number of hydrogen-bond acceptors (Lipinski definition) is 5. The van der Waals surface area contributed by atoms with E-state index in [0.717, 1.165) is 27.7 Å². The van der Waals surface area contributed by atoms with E-state index in [0.29, 0.717) is 16.6 Å². The summed E-state index contributed by atoms with van der Waals surface area (Å²) in [5.41, 5.74) is 2.17. The maximum Gasteiger partial charge on any atom is 0.269 e. The molecule has 2 aromatic rings. The second-order valence-electron chi connectivity index (χ2n) is 5.73. The number of carbonyl (C=O) groups excluding carboxylic acids is 1. The van der Waals surface area contributed by atoms with Crippen LogP contribution >= 0.6 is 23.5 Å². The van der Waals surface area contributed by atoms with Crippen molar-refractivity contribution in [3.8, 4) is 0 Å². The number of nitrogens with zero attached hydrogens (tertiary/aromatic N) is 2. The summed E-state index contributed by atoms with van der Waals surface area (Å²) < 4.78 is 0. The lowest BCUT2D eigenvalue weighted by Crippen LogP contribution is -2.29. The Bertz CT molecular complexity index is 879. The number of amidine groups is 1. The minimum atomic E-state index is -0.0763. The molecule has 1 N–H and O–H groups in total. The highest BCUT2D eigenvalue weighted by Gasteiger charge is 2.38. The number of carbonyl (C=O) groups is 1. The fraction of sp³-hybridized carbons (Fsp3) is 0.158. The Labute approximate surface area is 155 Å². The average molecular weight is 367 g/mol. The molecule has 6 heteroatoms. The number of nitrogens with one attached hydrogen (secondary N) is 1. The van der Waals surface area contributed by atoms with Gasteiger partial charge in [-0.15, -0.1) is 0 Å². The lowest BCUT2D eigenvalue weighted by molar-refractivity contribution is -0.122. The Morgan fingerprint density at radius 2 is 1.68 bits per heavy atom. The lowest BCUT2D eigenvalue weighted by Gasteiger charge is -2.19. The van der Waals surface area contributed by atoms with Crippen LogP contribution in [-0.4, -0.2) is 22.5 Å². The van der Waals surface area contributed by atoms with Crippen molar-refractivity contribution < 1.29 is 4.79 Å². The predicted molar refractivity (Wildman–Crippen MR) is 105 cm³/mol. The van der Waals surface area contributed by atoms with Crippen molar-refractivity contribution in [3.05, 3.63) is 70.1 Å². The van der Waals surface area contributed by atoms with Gasteiger partial charge >= 0.3 is 0 Å². The molecule has 126 valence electrons. The number of hydrogen-bond donors (Lipinski definition) is 1. The Balaban J connectivity index is 1.67. The van der Waals surface area contributed by atoms with E-state index in [9.17, 15) is 4.79 Å². The van der Waals surface area contributed by atoms with Gasteiger partial charge in [0.25, 0.3) is 5.91 Å². The molecule has 0 aliphatic carbocycles. The van der Waals surface area contributed by atoms with Crippen LogP contribution in [0.4, 0.5) is 5.69 Å². The van der Waals surface area contributed by atoms with E-state index >= 15 is 0 Å². The molecule has 1 amide bonds. The Hall–Kier alpha value is -2.18. The zero-order valence-electron chi connectivity index (χ0n) is 13.7. The number of thioether (sulfide) groups is 2. The summed E-state index contributed by atoms with van der Waals surface area (Å²) in [6, 6.07) is 18.0. The molecule has 2 heterocycles. The molecule has 0 unspecified atom stereocenters. The van der Waals surface area contributed by atoms with E-state index < -0.39 is 0 Å². The quantitative estimate of drug-likeness (QED) is 0.812. The molecule has 2 aromatic carbocycles. The molecule has 2 aliphatic heterocycles. The van der Waals surface area contributed by atoms with Gasteiger partial charge < -0.3 is 4.90 Å². The molecule has 0 aromatic heterocycles. The Morgan fingerprint density at radius 3 is 2.44 bits per heavy atom. The van der Waals surface area contributed by atoms with Crippen molar-refractivity contribution >= 4 is 40.3 Å². The van der Waals surface area contributed by atoms with Gasteiger partial charge in [-0.3, -0.25) is 15.1 Å². The third-order valence-corrected chi connectivity index (χ3v) is 6.48. The zero-order chi connectivity index (χ0) is 17.4. The molecule has 1 fully saturated rings. The molecule has 2 aliphatic rings. The van der Waals surface area contributed by atoms with E-state index in [1.807, 2.05) is 42.5 Å². The molecule has 1 saturated heterocycles. The van der Waals surface area contributed by atoms with E-state index in [1.165, 1.54) is 11.8 Å². The van der Waals surface area contributed by atoms with Crippen molar-refractivity contribution in [2.75, 3.05) is 11.4 Å². The van der Waals surface area contributed by atoms with Crippen LogP contribution in [0.15, 0.2) is 69.4 Å². The van der Waals surface area contributed by atoms with Crippen LogP contribution < -0.4 is 4.90 Å². The topological polar surface area (TPSA) is 47.4 Å². The molecule has 0 atom stereocenters. The normalized spacial score (nSPS) is 19.7. The molecule has 0 bridgehead atoms. The van der Waals surface area contributed by atoms with Crippen LogP contribution in [0.25, 0.3) is 0 Å². The van der Waals surface area contributed by atoms with Gasteiger partial charge in [0.05, 0.1) is 12.2 Å². The van der Waals surface area contributed by atoms with Crippen molar-refractivity contribution in [2.45, 2.75) is 18.4 Å². The highest BCUT2D eigenvalue weighted by atomic mass is 32.2. The minimum absolute atomic E-state index is 0.0763. The number of rotatable bonds is 3. The molecular weight excluding hydrogens is 350 g/mol. The van der Waals surface area contributed by atoms with Crippen molar-refractivity contribution in [1.82, 2.24) is 4.90 Å². The molecule has 25 heavy (non-hydrogen) atoms. The van der Waals surface area contributed by atoms with Crippen LogP contribution in [0.2, 0.25) is 0 Å². The summed E-state index contributed by atoms with van der Waals surface area (Å²) in [6.07, 6.45) is 0. The summed E-state index contributed by atoms with van der Waals surface area (Å²) >= 11 is 2.89. The molecule has 4 nitrogen and oxygen atoms in total. The zero-order valence-corrected chi connectivity index (χ0v) is 15.4. The van der Waals surface area contributed by atoms with Gasteiger partial charge in [-0.2, -0.15) is 0 Å². The number of fused-ring (bicyclic) bond motifs is 1. The first-order valence-electron chi connectivity index (χ1n) is 8.10. The fourth-order valence-electron chi connectivity index (χ4n) is 2.97. The first kappa shape index (κ1) is 16.3. The lowest BCUT2D eigenvalue weighted by atomic mass is 10.2. The van der Waals surface area contributed by atoms with Crippen LogP contribution in [0.1, 0.15) is 12.5 Å². The second kappa shape index (κ2) is 6.61. The van der Waals surface area contributed by atoms with Gasteiger partial charge in [0.1, 0.15) is 9.93 Å². The second-order valence-corrected chi connectivity index (χ2v) is 7.76. The first-order chi connectivity index (χ1) is 12.2. The largest absolute Gasteiger partial charge is 0.334 e. The highest BCUT2D eigenvalue weighted by Crippen LogP contribution is 2.50. The number of para-hydroxylation sites is 1. The van der Waals surface area contributed by atoms with Crippen molar-refractivity contribution in [1.29, 1.82) is 5.41 Å². The predicted octanol–water partition coefficient (Wildman–Crippen LogP) is 4.50. The summed E-state index contributed by atoms with van der Waals surface area (Å²) in [7, 11) is 0. The summed E-state index contributed by atoms with van der Waals surface area (Å²) in [5, 5.41) is 9.51. The van der Waals surface area contributed by atoms with Crippen LogP contribution in [0, 0.1) is 5.41 Å². The van der Waals surface area contributed by atoms with Crippen LogP contribution in [-0.2, 0) is 11.3 Å².